The number of carbonyl (C=O) groups is 1. The highest BCUT2D eigenvalue weighted by Gasteiger charge is 2.12. The summed E-state index contributed by atoms with van der Waals surface area (Å²) >= 11 is 0. The molecule has 1 heterocycles. The molecule has 0 saturated carbocycles. The van der Waals surface area contributed by atoms with Gasteiger partial charge in [-0.25, -0.2) is 9.59 Å². The number of benzene rings is 1. The molecule has 0 radical (unpaired) electrons. The number of ether oxygens (including phenoxy) is 1. The number of aromatic nitrogens is 1. The van der Waals surface area contributed by atoms with Gasteiger partial charge in [0.1, 0.15) is 0 Å². The molecule has 0 saturated heterocycles. The average molecular weight is 222 g/mol. The van der Waals surface area contributed by atoms with Crippen LogP contribution in [0.4, 0.5) is 10.5 Å². The highest BCUT2D eigenvalue weighted by atomic mass is 16.5. The number of methoxy groups -OCH3 is 1. The van der Waals surface area contributed by atoms with Gasteiger partial charge in [-0.2, -0.15) is 0 Å². The molecule has 6 heteroatoms. The van der Waals surface area contributed by atoms with Gasteiger partial charge in [0.2, 0.25) is 0 Å². The summed E-state index contributed by atoms with van der Waals surface area (Å²) in [4.78, 5) is 26.0. The van der Waals surface area contributed by atoms with E-state index in [0.717, 1.165) is 0 Å². The molecule has 1 N–H and O–H groups in total. The Morgan fingerprint density at radius 3 is 2.94 bits per heavy atom. The zero-order valence-corrected chi connectivity index (χ0v) is 8.81. The SMILES string of the molecule is COC(=O)N(C)c1ccc2[nH]c(=O)oc2c1. The van der Waals surface area contributed by atoms with Crippen LogP contribution in [0.3, 0.4) is 0 Å². The number of amides is 1. The molecule has 1 aromatic heterocycles. The van der Waals surface area contributed by atoms with Crippen molar-refractivity contribution in [1.82, 2.24) is 4.98 Å². The monoisotopic (exact) mass is 222 g/mol. The van der Waals surface area contributed by atoms with E-state index in [1.54, 1.807) is 25.2 Å². The van der Waals surface area contributed by atoms with Crippen LogP contribution in [0.1, 0.15) is 0 Å². The first-order valence-electron chi connectivity index (χ1n) is 4.56. The van der Waals surface area contributed by atoms with E-state index in [1.807, 2.05) is 0 Å². The van der Waals surface area contributed by atoms with Crippen LogP contribution in [0.2, 0.25) is 0 Å². The fraction of sp³-hybridized carbons (Fsp3) is 0.200. The topological polar surface area (TPSA) is 75.5 Å². The zero-order chi connectivity index (χ0) is 11.7. The van der Waals surface area contributed by atoms with Crippen LogP contribution >= 0.6 is 0 Å². The van der Waals surface area contributed by atoms with E-state index >= 15 is 0 Å². The maximum atomic E-state index is 11.3. The van der Waals surface area contributed by atoms with Crippen LogP contribution in [0.25, 0.3) is 11.1 Å². The van der Waals surface area contributed by atoms with Crippen molar-refractivity contribution in [2.75, 3.05) is 19.1 Å². The number of hydrogen-bond donors (Lipinski definition) is 1. The van der Waals surface area contributed by atoms with Crippen molar-refractivity contribution in [2.45, 2.75) is 0 Å². The minimum absolute atomic E-state index is 0.401. The second kappa shape index (κ2) is 3.73. The van der Waals surface area contributed by atoms with Crippen LogP contribution in [-0.4, -0.2) is 25.2 Å². The molecule has 0 aliphatic heterocycles. The number of carbonyl (C=O) groups excluding carboxylic acids is 1. The van der Waals surface area contributed by atoms with Gasteiger partial charge < -0.3 is 9.15 Å². The first kappa shape index (κ1) is 10.3. The van der Waals surface area contributed by atoms with E-state index in [9.17, 15) is 9.59 Å². The van der Waals surface area contributed by atoms with Crippen molar-refractivity contribution in [3.8, 4) is 0 Å². The minimum atomic E-state index is -0.520. The molecular weight excluding hydrogens is 212 g/mol. The summed E-state index contributed by atoms with van der Waals surface area (Å²) in [5, 5.41) is 0. The van der Waals surface area contributed by atoms with Crippen LogP contribution < -0.4 is 10.7 Å². The summed E-state index contributed by atoms with van der Waals surface area (Å²) in [6.07, 6.45) is -0.489. The van der Waals surface area contributed by atoms with Crippen molar-refractivity contribution < 1.29 is 13.9 Å². The number of hydrogen-bond acceptors (Lipinski definition) is 4. The van der Waals surface area contributed by atoms with Gasteiger partial charge in [-0.05, 0) is 12.1 Å². The van der Waals surface area contributed by atoms with Gasteiger partial charge in [0, 0.05) is 13.1 Å². The van der Waals surface area contributed by atoms with Gasteiger partial charge in [-0.1, -0.05) is 0 Å². The van der Waals surface area contributed by atoms with E-state index in [2.05, 4.69) is 9.72 Å². The third-order valence-corrected chi connectivity index (χ3v) is 2.24. The second-order valence-electron chi connectivity index (χ2n) is 3.22. The molecule has 0 aliphatic carbocycles. The molecule has 0 atom stereocenters. The maximum absolute atomic E-state index is 11.3. The average Bonchev–Trinajstić information content (AvgIpc) is 2.65. The summed E-state index contributed by atoms with van der Waals surface area (Å²) in [6, 6.07) is 4.93. The van der Waals surface area contributed by atoms with Gasteiger partial charge in [0.15, 0.2) is 5.58 Å². The Kier molecular flexibility index (Phi) is 2.40. The van der Waals surface area contributed by atoms with E-state index in [1.165, 1.54) is 12.0 Å². The van der Waals surface area contributed by atoms with Gasteiger partial charge in [0.05, 0.1) is 18.3 Å². The summed E-state index contributed by atoms with van der Waals surface area (Å²) in [6.45, 7) is 0. The molecule has 16 heavy (non-hydrogen) atoms. The number of oxazole rings is 1. The smallest absolute Gasteiger partial charge is 0.417 e. The molecular formula is C10H10N2O4. The van der Waals surface area contributed by atoms with Crippen molar-refractivity contribution in [1.29, 1.82) is 0 Å². The molecule has 2 rings (SSSR count). The lowest BCUT2D eigenvalue weighted by Gasteiger charge is -2.14. The molecule has 0 spiro atoms. The lowest BCUT2D eigenvalue weighted by atomic mass is 10.3. The molecule has 1 amide bonds. The normalized spacial score (nSPS) is 10.4. The number of anilines is 1. The van der Waals surface area contributed by atoms with Crippen molar-refractivity contribution in [3.63, 3.8) is 0 Å². The Hall–Kier alpha value is -2.24. The Morgan fingerprint density at radius 1 is 1.50 bits per heavy atom. The predicted octanol–water partition coefficient (Wildman–Crippen LogP) is 1.32. The maximum Gasteiger partial charge on any atom is 0.417 e. The number of nitrogens with one attached hydrogen (secondary N) is 1. The quantitative estimate of drug-likeness (QED) is 0.789. The number of H-pyrrole nitrogens is 1. The van der Waals surface area contributed by atoms with E-state index in [4.69, 9.17) is 4.42 Å². The van der Waals surface area contributed by atoms with Crippen molar-refractivity contribution in [2.24, 2.45) is 0 Å². The standard InChI is InChI=1S/C10H10N2O4/c1-12(10(14)15-2)6-3-4-7-8(5-6)16-9(13)11-7/h3-5H,1-2H3,(H,11,13). The summed E-state index contributed by atoms with van der Waals surface area (Å²) in [7, 11) is 2.87. The first-order chi connectivity index (χ1) is 7.61. The summed E-state index contributed by atoms with van der Waals surface area (Å²) in [5.74, 6) is -0.520. The number of rotatable bonds is 1. The molecule has 6 nitrogen and oxygen atoms in total. The Labute approximate surface area is 90.4 Å². The van der Waals surface area contributed by atoms with Crippen LogP contribution in [0.5, 0.6) is 0 Å². The molecule has 0 fully saturated rings. The van der Waals surface area contributed by atoms with Crippen LogP contribution in [0, 0.1) is 0 Å². The molecule has 0 unspecified atom stereocenters. The van der Waals surface area contributed by atoms with Crippen LogP contribution in [-0.2, 0) is 4.74 Å². The van der Waals surface area contributed by atoms with Crippen molar-refractivity contribution >= 4 is 22.9 Å². The number of aromatic amines is 1. The van der Waals surface area contributed by atoms with Crippen LogP contribution in [0.15, 0.2) is 27.4 Å². The third kappa shape index (κ3) is 1.65. The molecule has 84 valence electrons. The summed E-state index contributed by atoms with van der Waals surface area (Å²) in [5.41, 5.74) is 1.58. The molecule has 0 bridgehead atoms. The zero-order valence-electron chi connectivity index (χ0n) is 8.81. The third-order valence-electron chi connectivity index (χ3n) is 2.24. The van der Waals surface area contributed by atoms with Gasteiger partial charge in [-0.15, -0.1) is 0 Å². The van der Waals surface area contributed by atoms with E-state index in [-0.39, 0.29) is 0 Å². The Morgan fingerprint density at radius 2 is 2.25 bits per heavy atom. The van der Waals surface area contributed by atoms with E-state index < -0.39 is 11.8 Å². The van der Waals surface area contributed by atoms with Crippen molar-refractivity contribution in [3.05, 3.63) is 28.7 Å². The highest BCUT2D eigenvalue weighted by Crippen LogP contribution is 2.19. The number of nitrogens with zero attached hydrogens (tertiary/aromatic N) is 1. The fourth-order valence-corrected chi connectivity index (χ4v) is 1.39. The van der Waals surface area contributed by atoms with Gasteiger partial charge in [-0.3, -0.25) is 9.88 Å². The molecule has 0 aliphatic rings. The van der Waals surface area contributed by atoms with Gasteiger partial charge in [0.25, 0.3) is 0 Å². The number of fused-ring (bicyclic) bond motifs is 1. The second-order valence-corrected chi connectivity index (χ2v) is 3.22. The van der Waals surface area contributed by atoms with E-state index in [0.29, 0.717) is 16.8 Å². The Balaban J connectivity index is 2.46. The van der Waals surface area contributed by atoms with Gasteiger partial charge >= 0.3 is 11.8 Å². The summed E-state index contributed by atoms with van der Waals surface area (Å²) < 4.78 is 9.45. The highest BCUT2D eigenvalue weighted by molar-refractivity contribution is 5.89. The first-order valence-corrected chi connectivity index (χ1v) is 4.56. The fourth-order valence-electron chi connectivity index (χ4n) is 1.39. The largest absolute Gasteiger partial charge is 0.452 e. The lowest BCUT2D eigenvalue weighted by Crippen LogP contribution is -2.25. The molecule has 2 aromatic rings. The Bertz CT molecular complexity index is 584. The predicted molar refractivity (Wildman–Crippen MR) is 57.6 cm³/mol. The minimum Gasteiger partial charge on any atom is -0.452 e. The molecule has 1 aromatic carbocycles. The lowest BCUT2D eigenvalue weighted by molar-refractivity contribution is 0.180.